The molecule has 0 bridgehead atoms. The molecule has 8 nitrogen and oxygen atoms in total. The highest BCUT2D eigenvalue weighted by Gasteiger charge is 2.21. The van der Waals surface area contributed by atoms with E-state index in [9.17, 15) is 4.79 Å². The minimum absolute atomic E-state index is 0.130. The predicted molar refractivity (Wildman–Crippen MR) is 102 cm³/mol. The van der Waals surface area contributed by atoms with Crippen LogP contribution in [0.5, 0.6) is 0 Å². The Morgan fingerprint density at radius 2 is 1.88 bits per heavy atom. The number of carbonyl (C=O) groups excluding carboxylic acids is 1. The summed E-state index contributed by atoms with van der Waals surface area (Å²) in [5.74, 6) is 6.39. The van der Waals surface area contributed by atoms with Gasteiger partial charge >= 0.3 is 0 Å². The van der Waals surface area contributed by atoms with Crippen molar-refractivity contribution in [3.8, 4) is 5.95 Å². The summed E-state index contributed by atoms with van der Waals surface area (Å²) in [6, 6.07) is 9.57. The highest BCUT2D eigenvalue weighted by Crippen LogP contribution is 2.23. The van der Waals surface area contributed by atoms with Gasteiger partial charge in [0.25, 0.3) is 5.95 Å². The van der Waals surface area contributed by atoms with Crippen molar-refractivity contribution in [1.29, 1.82) is 0 Å². The zero-order chi connectivity index (χ0) is 18.8. The molecule has 1 aromatic carbocycles. The molecule has 3 rings (SSSR count). The Morgan fingerprint density at radius 3 is 2.50 bits per heavy atom. The van der Waals surface area contributed by atoms with E-state index < -0.39 is 5.25 Å². The number of aryl methyl sites for hydroxylation is 3. The third-order valence-electron chi connectivity index (χ3n) is 3.82. The number of nitrogen functional groups attached to an aromatic ring is 1. The SMILES string of the molecule is Cc1ccc(NC(=O)[C@@H](C)Sc2nnc(-n3nc(C)cc3C)n2N)cc1. The molecule has 0 saturated heterocycles. The van der Waals surface area contributed by atoms with Crippen LogP contribution >= 0.6 is 11.8 Å². The van der Waals surface area contributed by atoms with Crippen molar-refractivity contribution in [2.75, 3.05) is 11.2 Å². The zero-order valence-corrected chi connectivity index (χ0v) is 15.9. The summed E-state index contributed by atoms with van der Waals surface area (Å²) in [4.78, 5) is 12.4. The zero-order valence-electron chi connectivity index (χ0n) is 15.1. The summed E-state index contributed by atoms with van der Waals surface area (Å²) >= 11 is 1.24. The molecule has 0 aliphatic heterocycles. The average Bonchev–Trinajstić information content (AvgIpc) is 3.11. The molecule has 0 radical (unpaired) electrons. The smallest absolute Gasteiger partial charge is 0.271 e. The molecule has 0 fully saturated rings. The van der Waals surface area contributed by atoms with Crippen LogP contribution in [-0.4, -0.2) is 35.8 Å². The van der Waals surface area contributed by atoms with Crippen molar-refractivity contribution in [3.63, 3.8) is 0 Å². The van der Waals surface area contributed by atoms with Crippen molar-refractivity contribution in [2.45, 2.75) is 38.1 Å². The van der Waals surface area contributed by atoms with Crippen LogP contribution in [0, 0.1) is 20.8 Å². The lowest BCUT2D eigenvalue weighted by Crippen LogP contribution is -2.24. The molecule has 136 valence electrons. The molecule has 0 aliphatic rings. The van der Waals surface area contributed by atoms with E-state index in [4.69, 9.17) is 5.84 Å². The summed E-state index contributed by atoms with van der Waals surface area (Å²) < 4.78 is 2.98. The van der Waals surface area contributed by atoms with E-state index in [1.165, 1.54) is 16.4 Å². The van der Waals surface area contributed by atoms with Gasteiger partial charge in [-0.15, -0.1) is 10.2 Å². The number of rotatable bonds is 5. The number of hydrogen-bond acceptors (Lipinski definition) is 6. The second-order valence-electron chi connectivity index (χ2n) is 6.11. The van der Waals surface area contributed by atoms with E-state index in [1.807, 2.05) is 51.1 Å². The van der Waals surface area contributed by atoms with Gasteiger partial charge in [0.05, 0.1) is 10.9 Å². The monoisotopic (exact) mass is 371 g/mol. The van der Waals surface area contributed by atoms with Crippen LogP contribution in [-0.2, 0) is 4.79 Å². The Hall–Kier alpha value is -2.81. The van der Waals surface area contributed by atoms with E-state index in [-0.39, 0.29) is 5.91 Å². The van der Waals surface area contributed by atoms with E-state index >= 15 is 0 Å². The fourth-order valence-electron chi connectivity index (χ4n) is 2.42. The molecule has 26 heavy (non-hydrogen) atoms. The summed E-state index contributed by atoms with van der Waals surface area (Å²) in [6.07, 6.45) is 0. The number of nitrogens with one attached hydrogen (secondary N) is 1. The van der Waals surface area contributed by atoms with Gasteiger partial charge < -0.3 is 11.2 Å². The molecule has 9 heteroatoms. The number of benzene rings is 1. The topological polar surface area (TPSA) is 104 Å². The lowest BCUT2D eigenvalue weighted by Gasteiger charge is -2.11. The molecule has 0 aliphatic carbocycles. The molecule has 2 aromatic heterocycles. The number of nitrogens with two attached hydrogens (primary N) is 1. The first-order chi connectivity index (χ1) is 12.3. The van der Waals surface area contributed by atoms with Crippen LogP contribution in [0.4, 0.5) is 5.69 Å². The average molecular weight is 371 g/mol. The molecule has 3 N–H and O–H groups in total. The van der Waals surface area contributed by atoms with Crippen LogP contribution in [0.15, 0.2) is 35.5 Å². The molecule has 1 amide bonds. The quantitative estimate of drug-likeness (QED) is 0.526. The Balaban J connectivity index is 1.71. The summed E-state index contributed by atoms with van der Waals surface area (Å²) in [5, 5.41) is 15.5. The maximum Gasteiger partial charge on any atom is 0.271 e. The minimum atomic E-state index is -0.392. The van der Waals surface area contributed by atoms with Gasteiger partial charge in [0.1, 0.15) is 0 Å². The number of nitrogens with zero attached hydrogens (tertiary/aromatic N) is 5. The van der Waals surface area contributed by atoms with Gasteiger partial charge in [-0.2, -0.15) is 5.10 Å². The third kappa shape index (κ3) is 3.72. The van der Waals surface area contributed by atoms with Gasteiger partial charge in [-0.05, 0) is 45.9 Å². The molecule has 0 saturated carbocycles. The molecular formula is C17H21N7OS. The maximum absolute atomic E-state index is 12.4. The normalized spacial score (nSPS) is 12.2. The van der Waals surface area contributed by atoms with Crippen molar-refractivity contribution in [3.05, 3.63) is 47.3 Å². The predicted octanol–water partition coefficient (Wildman–Crippen LogP) is 2.22. The van der Waals surface area contributed by atoms with Crippen LogP contribution in [0.25, 0.3) is 5.95 Å². The van der Waals surface area contributed by atoms with Crippen LogP contribution in [0.1, 0.15) is 23.9 Å². The lowest BCUT2D eigenvalue weighted by atomic mass is 10.2. The molecule has 1 atom stereocenters. The minimum Gasteiger partial charge on any atom is -0.334 e. The van der Waals surface area contributed by atoms with Crippen LogP contribution in [0.2, 0.25) is 0 Å². The van der Waals surface area contributed by atoms with Crippen molar-refractivity contribution >= 4 is 23.4 Å². The van der Waals surface area contributed by atoms with Crippen LogP contribution in [0.3, 0.4) is 0 Å². The van der Waals surface area contributed by atoms with E-state index in [0.29, 0.717) is 11.1 Å². The fourth-order valence-corrected chi connectivity index (χ4v) is 3.18. The first-order valence-corrected chi connectivity index (χ1v) is 9.01. The summed E-state index contributed by atoms with van der Waals surface area (Å²) in [6.45, 7) is 7.61. The highest BCUT2D eigenvalue weighted by molar-refractivity contribution is 8.00. The maximum atomic E-state index is 12.4. The Kier molecular flexibility index (Phi) is 4.99. The van der Waals surface area contributed by atoms with Crippen molar-refractivity contribution < 1.29 is 4.79 Å². The number of anilines is 1. The Labute approximate surface area is 155 Å². The molecule has 2 heterocycles. The second-order valence-corrected chi connectivity index (χ2v) is 7.41. The summed E-state index contributed by atoms with van der Waals surface area (Å²) in [5.41, 5.74) is 3.66. The van der Waals surface area contributed by atoms with Gasteiger partial charge in [0, 0.05) is 11.4 Å². The molecule has 0 spiro atoms. The number of aromatic nitrogens is 5. The van der Waals surface area contributed by atoms with E-state index in [1.54, 1.807) is 11.6 Å². The van der Waals surface area contributed by atoms with Crippen molar-refractivity contribution in [1.82, 2.24) is 24.7 Å². The summed E-state index contributed by atoms with van der Waals surface area (Å²) in [7, 11) is 0. The van der Waals surface area contributed by atoms with Gasteiger partial charge in [-0.25, -0.2) is 9.36 Å². The first kappa shape index (κ1) is 18.0. The molecule has 0 unspecified atom stereocenters. The number of amides is 1. The first-order valence-electron chi connectivity index (χ1n) is 8.13. The number of carbonyl (C=O) groups is 1. The molecular weight excluding hydrogens is 350 g/mol. The molecule has 3 aromatic rings. The standard InChI is InChI=1S/C17H21N7OS/c1-10-5-7-14(8-6-10)19-15(25)13(4)26-17-21-20-16(23(17)18)24-12(3)9-11(2)22-24/h5-9,13H,18H2,1-4H3,(H,19,25)/t13-/m1/s1. The number of thioether (sulfide) groups is 1. The van der Waals surface area contributed by atoms with E-state index in [2.05, 4.69) is 20.6 Å². The Morgan fingerprint density at radius 1 is 1.19 bits per heavy atom. The largest absolute Gasteiger partial charge is 0.334 e. The van der Waals surface area contributed by atoms with Gasteiger partial charge in [0.15, 0.2) is 0 Å². The Bertz CT molecular complexity index is 929. The van der Waals surface area contributed by atoms with E-state index in [0.717, 1.165) is 22.6 Å². The van der Waals surface area contributed by atoms with Crippen LogP contribution < -0.4 is 11.2 Å². The second kappa shape index (κ2) is 7.20. The van der Waals surface area contributed by atoms with Gasteiger partial charge in [-0.3, -0.25) is 4.79 Å². The van der Waals surface area contributed by atoms with Gasteiger partial charge in [-0.1, -0.05) is 29.5 Å². The third-order valence-corrected chi connectivity index (χ3v) is 4.87. The number of hydrogen-bond donors (Lipinski definition) is 2. The van der Waals surface area contributed by atoms with Crippen molar-refractivity contribution in [2.24, 2.45) is 0 Å². The highest BCUT2D eigenvalue weighted by atomic mass is 32.2. The fraction of sp³-hybridized carbons (Fsp3) is 0.294. The van der Waals surface area contributed by atoms with Gasteiger partial charge in [0.2, 0.25) is 11.1 Å². The lowest BCUT2D eigenvalue weighted by molar-refractivity contribution is -0.115.